The summed E-state index contributed by atoms with van der Waals surface area (Å²) in [6.07, 6.45) is 2.30. The van der Waals surface area contributed by atoms with Crippen LogP contribution in [0.15, 0.2) is 20.5 Å². The van der Waals surface area contributed by atoms with Crippen LogP contribution in [0.25, 0.3) is 0 Å². The van der Waals surface area contributed by atoms with Gasteiger partial charge in [0, 0.05) is 0 Å². The van der Waals surface area contributed by atoms with Gasteiger partial charge in [0.1, 0.15) is 0 Å². The van der Waals surface area contributed by atoms with Crippen LogP contribution in [-0.4, -0.2) is 0 Å². The van der Waals surface area contributed by atoms with Crippen LogP contribution < -0.4 is 0 Å². The predicted octanol–water partition coefficient (Wildman–Crippen LogP) is 2.83. The second-order valence-corrected chi connectivity index (χ2v) is 4.03. The molecule has 0 nitrogen and oxygen atoms in total. The second-order valence-electron chi connectivity index (χ2n) is 2.71. The normalized spacial score (nSPS) is 24.2. The first-order valence-electron chi connectivity index (χ1n) is 3.23. The van der Waals surface area contributed by atoms with E-state index in [4.69, 9.17) is 0 Å². The predicted molar refractivity (Wildman–Crippen MR) is 42.9 cm³/mol. The van der Waals surface area contributed by atoms with E-state index in [-0.39, 0.29) is 12.4 Å². The molecule has 2 heteroatoms. The molecule has 0 spiro atoms. The molecule has 0 amide bonds. The van der Waals surface area contributed by atoms with Crippen molar-refractivity contribution in [1.82, 2.24) is 0 Å². The van der Waals surface area contributed by atoms with Crippen molar-refractivity contribution in [1.29, 1.82) is 0 Å². The van der Waals surface area contributed by atoms with Crippen molar-refractivity contribution in [2.45, 2.75) is 20.8 Å². The quantitative estimate of drug-likeness (QED) is 0.605. The summed E-state index contributed by atoms with van der Waals surface area (Å²) in [5, 5.41) is 0. The summed E-state index contributed by atoms with van der Waals surface area (Å²) in [6.45, 7) is 6.70. The van der Waals surface area contributed by atoms with Crippen molar-refractivity contribution < 1.29 is 24.7 Å². The average Bonchev–Trinajstić information content (AvgIpc) is 1.98. The second kappa shape index (κ2) is 3.88. The molecule has 0 bridgehead atoms. The molecule has 10 heavy (non-hydrogen) atoms. The molecule has 0 fully saturated rings. The number of rotatable bonds is 0. The first-order chi connectivity index (χ1) is 4.13. The van der Waals surface area contributed by atoms with Crippen LogP contribution in [0.5, 0.6) is 0 Å². The molecule has 0 saturated carbocycles. The van der Waals surface area contributed by atoms with Crippen molar-refractivity contribution in [3.05, 3.63) is 20.5 Å². The number of hydrogen-bond donors (Lipinski definition) is 0. The first kappa shape index (κ1) is 10.7. The molecule has 0 aromatic carbocycles. The van der Waals surface area contributed by atoms with Crippen molar-refractivity contribution in [3.8, 4) is 0 Å². The summed E-state index contributed by atoms with van der Waals surface area (Å²) in [5.74, 6) is 0.739. The Morgan fingerprint density at radius 1 is 1.40 bits per heavy atom. The summed E-state index contributed by atoms with van der Waals surface area (Å²) in [6, 6.07) is 0. The van der Waals surface area contributed by atoms with Gasteiger partial charge in [0.25, 0.3) is 0 Å². The Bertz CT molecular complexity index is 191. The molecular weight excluding hydrogens is 223 g/mol. The van der Waals surface area contributed by atoms with Gasteiger partial charge in [-0.2, -0.15) is 0 Å². The standard InChI is InChI=1S/C8H11.ClH.Zr/c1-6-4-7(2)8(3)5-6;;/h4,8H,1-3H3;1H;. The van der Waals surface area contributed by atoms with E-state index in [0.717, 1.165) is 5.92 Å². The van der Waals surface area contributed by atoms with Gasteiger partial charge < -0.3 is 0 Å². The fourth-order valence-electron chi connectivity index (χ4n) is 1.11. The monoisotopic (exact) mass is 233 g/mol. The molecule has 1 atom stereocenters. The van der Waals surface area contributed by atoms with E-state index in [1.165, 1.54) is 11.1 Å². The molecule has 1 aliphatic rings. The summed E-state index contributed by atoms with van der Waals surface area (Å²) in [4.78, 5) is 0. The van der Waals surface area contributed by atoms with Crippen LogP contribution in [0.3, 0.4) is 0 Å². The smallest absolute Gasteiger partial charge is 0.147 e. The van der Waals surface area contributed by atoms with Crippen LogP contribution in [0.2, 0.25) is 0 Å². The van der Waals surface area contributed by atoms with E-state index in [1.54, 1.807) is 28.0 Å². The molecule has 0 saturated heterocycles. The van der Waals surface area contributed by atoms with E-state index in [2.05, 4.69) is 26.8 Å². The van der Waals surface area contributed by atoms with Crippen LogP contribution in [0.1, 0.15) is 20.8 Å². The minimum atomic E-state index is 0. The summed E-state index contributed by atoms with van der Waals surface area (Å²) in [7, 11) is 0. The van der Waals surface area contributed by atoms with Gasteiger partial charge in [-0.3, -0.25) is 0 Å². The fraction of sp³-hybridized carbons (Fsp3) is 0.500. The molecule has 0 aromatic rings. The van der Waals surface area contributed by atoms with E-state index in [9.17, 15) is 0 Å². The van der Waals surface area contributed by atoms with Crippen molar-refractivity contribution in [2.75, 3.05) is 0 Å². The maximum absolute atomic E-state index is 2.30. The van der Waals surface area contributed by atoms with Crippen molar-refractivity contribution >= 4 is 12.4 Å². The topological polar surface area (TPSA) is 0 Å². The number of halogens is 1. The zero-order chi connectivity index (χ0) is 7.02. The van der Waals surface area contributed by atoms with Gasteiger partial charge in [0.15, 0.2) is 0 Å². The van der Waals surface area contributed by atoms with E-state index in [1.807, 2.05) is 0 Å². The third kappa shape index (κ3) is 1.83. The Morgan fingerprint density at radius 3 is 2.00 bits per heavy atom. The van der Waals surface area contributed by atoms with Gasteiger partial charge in [-0.25, -0.2) is 0 Å². The third-order valence-electron chi connectivity index (χ3n) is 1.99. The Labute approximate surface area is 84.0 Å². The zero-order valence-electron chi connectivity index (χ0n) is 6.56. The summed E-state index contributed by atoms with van der Waals surface area (Å²) in [5.41, 5.74) is 3.03. The number of hydrogen-bond acceptors (Lipinski definition) is 0. The fourth-order valence-corrected chi connectivity index (χ4v) is 1.85. The minimum Gasteiger partial charge on any atom is -0.147 e. The average molecular weight is 235 g/mol. The van der Waals surface area contributed by atoms with Crippen LogP contribution in [0.4, 0.5) is 0 Å². The van der Waals surface area contributed by atoms with E-state index >= 15 is 0 Å². The molecule has 1 rings (SSSR count). The molecule has 0 radical (unpaired) electrons. The Morgan fingerprint density at radius 2 is 1.90 bits per heavy atom. The molecule has 0 aromatic heterocycles. The maximum Gasteiger partial charge on any atom is -0.147 e. The van der Waals surface area contributed by atoms with E-state index in [0.29, 0.717) is 0 Å². The van der Waals surface area contributed by atoms with Gasteiger partial charge >= 0.3 is 71.9 Å². The largest absolute Gasteiger partial charge is 0.147 e. The molecule has 1 unspecified atom stereocenters. The van der Waals surface area contributed by atoms with Gasteiger partial charge in [-0.1, -0.05) is 0 Å². The molecule has 0 N–H and O–H groups in total. The molecule has 55 valence electrons. The van der Waals surface area contributed by atoms with E-state index < -0.39 is 0 Å². The van der Waals surface area contributed by atoms with Gasteiger partial charge in [0.2, 0.25) is 0 Å². The summed E-state index contributed by atoms with van der Waals surface area (Å²) < 4.78 is 1.62. The zero-order valence-corrected chi connectivity index (χ0v) is 9.84. The van der Waals surface area contributed by atoms with Crippen molar-refractivity contribution in [3.63, 3.8) is 0 Å². The molecule has 0 heterocycles. The summed E-state index contributed by atoms with van der Waals surface area (Å²) >= 11 is 1.58. The van der Waals surface area contributed by atoms with Gasteiger partial charge in [0.05, 0.1) is 0 Å². The number of allylic oxidation sites excluding steroid dienone is 4. The molecular formula is C8H12ClZr. The molecule has 0 aliphatic heterocycles. The Hall–Kier alpha value is 0.653. The first-order valence-corrected chi connectivity index (χ1v) is 4.46. The SMILES string of the molecule is CC1=CC(C)=[C]([Zr])C1C.Cl. The van der Waals surface area contributed by atoms with Crippen LogP contribution in [-0.2, 0) is 24.7 Å². The third-order valence-corrected chi connectivity index (χ3v) is 4.02. The maximum atomic E-state index is 2.30. The van der Waals surface area contributed by atoms with Gasteiger partial charge in [-0.15, -0.1) is 12.4 Å². The Kier molecular flexibility index (Phi) is 4.13. The van der Waals surface area contributed by atoms with Gasteiger partial charge in [-0.05, 0) is 0 Å². The molecule has 1 aliphatic carbocycles. The minimum absolute atomic E-state index is 0. The van der Waals surface area contributed by atoms with Crippen LogP contribution >= 0.6 is 12.4 Å². The van der Waals surface area contributed by atoms with Crippen molar-refractivity contribution in [2.24, 2.45) is 5.92 Å². The Balaban J connectivity index is 0.000000810. The van der Waals surface area contributed by atoms with Crippen LogP contribution in [0, 0.1) is 5.92 Å².